The highest BCUT2D eigenvalue weighted by atomic mass is 35.5. The number of benzene rings is 2. The van der Waals surface area contributed by atoms with Gasteiger partial charge in [0.25, 0.3) is 5.91 Å². The van der Waals surface area contributed by atoms with Crippen LogP contribution >= 0.6 is 23.2 Å². The third kappa shape index (κ3) is 4.65. The normalized spacial score (nSPS) is 9.59. The van der Waals surface area contributed by atoms with Crippen molar-refractivity contribution in [1.82, 2.24) is 0 Å². The minimum atomic E-state index is -0.605. The van der Waals surface area contributed by atoms with Crippen LogP contribution in [0.1, 0.15) is 21.5 Å². The van der Waals surface area contributed by atoms with E-state index in [1.165, 1.54) is 18.2 Å². The van der Waals surface area contributed by atoms with Gasteiger partial charge in [-0.3, -0.25) is 4.79 Å². The number of phenols is 2. The van der Waals surface area contributed by atoms with Gasteiger partial charge < -0.3 is 21.4 Å². The Hall–Kier alpha value is -2.24. The Kier molecular flexibility index (Phi) is 6.22. The molecule has 0 unspecified atom stereocenters. The van der Waals surface area contributed by atoms with Crippen LogP contribution in [0.15, 0.2) is 30.3 Å². The standard InChI is InChI=1S/C8H9NO2.C7H5Cl2NO/c1-5-2-3-7(10)6(4-5)8(9)11;8-5-1-4(3-10)7(11)6(9)2-5/h2-4,10H,1H3,(H2,9,11);1-3,10-11H. The van der Waals surface area contributed by atoms with E-state index < -0.39 is 5.91 Å². The Morgan fingerprint density at radius 3 is 2.36 bits per heavy atom. The summed E-state index contributed by atoms with van der Waals surface area (Å²) in [7, 11) is 0. The second kappa shape index (κ2) is 7.68. The molecule has 0 saturated carbocycles. The number of carbonyl (C=O) groups excluding carboxylic acids is 1. The summed E-state index contributed by atoms with van der Waals surface area (Å²) >= 11 is 11.2. The van der Waals surface area contributed by atoms with Gasteiger partial charge in [0, 0.05) is 16.8 Å². The van der Waals surface area contributed by atoms with Gasteiger partial charge in [-0.05, 0) is 31.2 Å². The second-order valence-electron chi connectivity index (χ2n) is 4.35. The summed E-state index contributed by atoms with van der Waals surface area (Å²) in [5.74, 6) is -0.777. The van der Waals surface area contributed by atoms with Crippen LogP contribution in [0.5, 0.6) is 11.5 Å². The molecule has 1 amide bonds. The fourth-order valence-corrected chi connectivity index (χ4v) is 2.05. The van der Waals surface area contributed by atoms with Crippen molar-refractivity contribution in [3.8, 4) is 11.5 Å². The van der Waals surface area contributed by atoms with Crippen LogP contribution < -0.4 is 5.73 Å². The van der Waals surface area contributed by atoms with Gasteiger partial charge in [0.05, 0.1) is 10.6 Å². The number of rotatable bonds is 2. The molecule has 0 radical (unpaired) electrons. The van der Waals surface area contributed by atoms with E-state index in [2.05, 4.69) is 0 Å². The Morgan fingerprint density at radius 2 is 1.86 bits per heavy atom. The quantitative estimate of drug-likeness (QED) is 0.628. The van der Waals surface area contributed by atoms with Gasteiger partial charge in [0.15, 0.2) is 0 Å². The summed E-state index contributed by atoms with van der Waals surface area (Å²) in [5.41, 5.74) is 6.38. The SMILES string of the molecule is Cc1ccc(O)c(C(N)=O)c1.N=Cc1cc(Cl)cc(Cl)c1O. The Morgan fingerprint density at radius 1 is 1.23 bits per heavy atom. The fourth-order valence-electron chi connectivity index (χ4n) is 1.54. The number of nitrogens with one attached hydrogen (secondary N) is 1. The van der Waals surface area contributed by atoms with Gasteiger partial charge in [-0.2, -0.15) is 0 Å². The molecule has 0 heterocycles. The Bertz CT molecular complexity index is 718. The summed E-state index contributed by atoms with van der Waals surface area (Å²) in [6, 6.07) is 7.61. The smallest absolute Gasteiger partial charge is 0.252 e. The number of halogens is 2. The maximum absolute atomic E-state index is 10.6. The van der Waals surface area contributed by atoms with Crippen LogP contribution in [0.2, 0.25) is 10.0 Å². The topological polar surface area (TPSA) is 107 Å². The lowest BCUT2D eigenvalue weighted by Crippen LogP contribution is -2.11. The average molecular weight is 341 g/mol. The van der Waals surface area contributed by atoms with Crippen molar-refractivity contribution < 1.29 is 15.0 Å². The van der Waals surface area contributed by atoms with Crippen molar-refractivity contribution in [3.05, 3.63) is 57.1 Å². The van der Waals surface area contributed by atoms with E-state index >= 15 is 0 Å². The molecule has 0 aliphatic heterocycles. The molecule has 0 fully saturated rings. The molecule has 2 aromatic rings. The average Bonchev–Trinajstić information content (AvgIpc) is 2.45. The molecule has 5 N–H and O–H groups in total. The van der Waals surface area contributed by atoms with Crippen LogP contribution in [0.3, 0.4) is 0 Å². The molecular formula is C15H14Cl2N2O3. The first-order valence-electron chi connectivity index (χ1n) is 6.04. The lowest BCUT2D eigenvalue weighted by molar-refractivity contribution is 0.0997. The number of hydrogen-bond acceptors (Lipinski definition) is 4. The molecule has 0 spiro atoms. The largest absolute Gasteiger partial charge is 0.507 e. The van der Waals surface area contributed by atoms with Crippen molar-refractivity contribution in [2.75, 3.05) is 0 Å². The number of carbonyl (C=O) groups is 1. The van der Waals surface area contributed by atoms with Crippen LogP contribution in [0.4, 0.5) is 0 Å². The summed E-state index contributed by atoms with van der Waals surface area (Å²) in [6.07, 6.45) is 0.993. The number of aryl methyl sites for hydroxylation is 1. The first-order chi connectivity index (χ1) is 10.3. The predicted molar refractivity (Wildman–Crippen MR) is 87.4 cm³/mol. The minimum absolute atomic E-state index is 0.0666. The van der Waals surface area contributed by atoms with E-state index in [0.717, 1.165) is 11.8 Å². The maximum atomic E-state index is 10.6. The summed E-state index contributed by atoms with van der Waals surface area (Å²) in [5, 5.41) is 25.7. The zero-order chi connectivity index (χ0) is 16.9. The molecule has 2 rings (SSSR count). The van der Waals surface area contributed by atoms with Gasteiger partial charge in [0.1, 0.15) is 11.5 Å². The van der Waals surface area contributed by atoms with Gasteiger partial charge in [0.2, 0.25) is 0 Å². The van der Waals surface area contributed by atoms with Crippen molar-refractivity contribution >= 4 is 35.3 Å². The van der Waals surface area contributed by atoms with Crippen LogP contribution in [-0.2, 0) is 0 Å². The maximum Gasteiger partial charge on any atom is 0.252 e. The number of phenolic OH excluding ortho intramolecular Hbond substituents is 1. The van der Waals surface area contributed by atoms with Gasteiger partial charge in [-0.15, -0.1) is 0 Å². The highest BCUT2D eigenvalue weighted by molar-refractivity contribution is 6.36. The zero-order valence-corrected chi connectivity index (χ0v) is 13.1. The summed E-state index contributed by atoms with van der Waals surface area (Å²) in [4.78, 5) is 10.6. The number of hydrogen-bond donors (Lipinski definition) is 4. The number of amides is 1. The monoisotopic (exact) mass is 340 g/mol. The molecule has 7 heteroatoms. The van der Waals surface area contributed by atoms with Crippen molar-refractivity contribution in [3.63, 3.8) is 0 Å². The number of nitrogens with two attached hydrogens (primary N) is 1. The molecule has 0 atom stereocenters. The molecule has 116 valence electrons. The van der Waals surface area contributed by atoms with Crippen LogP contribution in [0, 0.1) is 12.3 Å². The Balaban J connectivity index is 0.000000220. The van der Waals surface area contributed by atoms with Crippen molar-refractivity contribution in [2.45, 2.75) is 6.92 Å². The zero-order valence-electron chi connectivity index (χ0n) is 11.6. The van der Waals surface area contributed by atoms with E-state index in [1.807, 2.05) is 6.92 Å². The highest BCUT2D eigenvalue weighted by Gasteiger charge is 2.06. The fraction of sp³-hybridized carbons (Fsp3) is 0.0667. The highest BCUT2D eigenvalue weighted by Crippen LogP contribution is 2.29. The molecule has 5 nitrogen and oxygen atoms in total. The lowest BCUT2D eigenvalue weighted by atomic mass is 10.1. The van der Waals surface area contributed by atoms with E-state index in [-0.39, 0.29) is 22.1 Å². The van der Waals surface area contributed by atoms with E-state index in [4.69, 9.17) is 39.5 Å². The van der Waals surface area contributed by atoms with Gasteiger partial charge in [-0.25, -0.2) is 0 Å². The van der Waals surface area contributed by atoms with E-state index in [9.17, 15) is 9.90 Å². The minimum Gasteiger partial charge on any atom is -0.507 e. The molecule has 0 aliphatic rings. The second-order valence-corrected chi connectivity index (χ2v) is 5.20. The van der Waals surface area contributed by atoms with Crippen LogP contribution in [-0.4, -0.2) is 22.3 Å². The number of aromatic hydroxyl groups is 2. The molecule has 22 heavy (non-hydrogen) atoms. The molecule has 2 aromatic carbocycles. The first kappa shape index (κ1) is 17.8. The first-order valence-corrected chi connectivity index (χ1v) is 6.79. The van der Waals surface area contributed by atoms with Crippen molar-refractivity contribution in [1.29, 1.82) is 5.41 Å². The van der Waals surface area contributed by atoms with E-state index in [0.29, 0.717) is 10.6 Å². The molecule has 0 bridgehead atoms. The molecule has 0 aliphatic carbocycles. The summed E-state index contributed by atoms with van der Waals surface area (Å²) < 4.78 is 0. The molecule has 0 saturated heterocycles. The third-order valence-electron chi connectivity index (χ3n) is 2.63. The number of primary amides is 1. The van der Waals surface area contributed by atoms with Gasteiger partial charge >= 0.3 is 0 Å². The van der Waals surface area contributed by atoms with Gasteiger partial charge in [-0.1, -0.05) is 34.8 Å². The van der Waals surface area contributed by atoms with Crippen LogP contribution in [0.25, 0.3) is 0 Å². The molecule has 0 aromatic heterocycles. The molecular weight excluding hydrogens is 327 g/mol. The van der Waals surface area contributed by atoms with Crippen molar-refractivity contribution in [2.24, 2.45) is 5.73 Å². The Labute approximate surface area is 137 Å². The third-order valence-corrected chi connectivity index (χ3v) is 3.14. The summed E-state index contributed by atoms with van der Waals surface area (Å²) in [6.45, 7) is 1.83. The lowest BCUT2D eigenvalue weighted by Gasteiger charge is -2.00. The predicted octanol–water partition coefficient (Wildman–Crippen LogP) is 3.50. The van der Waals surface area contributed by atoms with E-state index in [1.54, 1.807) is 12.1 Å².